The summed E-state index contributed by atoms with van der Waals surface area (Å²) in [6, 6.07) is 0. The fourth-order valence-electron chi connectivity index (χ4n) is 2.55. The van der Waals surface area contributed by atoms with Crippen LogP contribution >= 0.6 is 0 Å². The first-order valence-corrected chi connectivity index (χ1v) is 9.96. The van der Waals surface area contributed by atoms with Crippen LogP contribution in [0.25, 0.3) is 0 Å². The van der Waals surface area contributed by atoms with Gasteiger partial charge in [0.25, 0.3) is 0 Å². The Hall–Kier alpha value is -1.67. The van der Waals surface area contributed by atoms with E-state index in [1.54, 1.807) is 0 Å². The normalized spacial score (nSPS) is 17.7. The van der Waals surface area contributed by atoms with Gasteiger partial charge >= 0.3 is 0 Å². The van der Waals surface area contributed by atoms with Crippen LogP contribution in [0.1, 0.15) is 61.8 Å². The van der Waals surface area contributed by atoms with Crippen molar-refractivity contribution in [1.29, 1.82) is 0 Å². The molecule has 0 bridgehead atoms. The lowest BCUT2D eigenvalue weighted by atomic mass is 9.64. The molecule has 148 valence electrons. The van der Waals surface area contributed by atoms with Crippen LogP contribution in [0.5, 0.6) is 0 Å². The van der Waals surface area contributed by atoms with Gasteiger partial charge in [-0.25, -0.2) is 0 Å². The molecule has 1 saturated heterocycles. The number of hydrogen-bond donors (Lipinski definition) is 1. The molecule has 2 nitrogen and oxygen atoms in total. The van der Waals surface area contributed by atoms with Gasteiger partial charge in [-0.05, 0) is 51.3 Å². The minimum atomic E-state index is 0.473. The van der Waals surface area contributed by atoms with Gasteiger partial charge in [-0.3, -0.25) is 4.99 Å². The molecule has 1 aliphatic heterocycles. The van der Waals surface area contributed by atoms with Crippen molar-refractivity contribution in [1.82, 2.24) is 5.32 Å². The highest BCUT2D eigenvalue weighted by molar-refractivity contribution is 5.94. The molecule has 1 aliphatic carbocycles. The second-order valence-corrected chi connectivity index (χ2v) is 6.07. The maximum atomic E-state index is 4.18. The molecule has 1 fully saturated rings. The van der Waals surface area contributed by atoms with Gasteiger partial charge in [0.2, 0.25) is 0 Å². The Balaban J connectivity index is 0. The number of nitrogens with zero attached hydrogens (tertiary/aromatic N) is 1. The Bertz CT molecular complexity index is 529. The average Bonchev–Trinajstić information content (AvgIpc) is 2.60. The minimum Gasteiger partial charge on any atom is -0.315 e. The SMILES string of the molecule is C/C=C\C=C\C.C=C(C)/C(=C\C(C)=NC)C1=CC2(CNC2)C1.CC.CC. The van der Waals surface area contributed by atoms with E-state index < -0.39 is 0 Å². The van der Waals surface area contributed by atoms with Crippen molar-refractivity contribution in [2.24, 2.45) is 10.4 Å². The Kier molecular flexibility index (Phi) is 15.9. The summed E-state index contributed by atoms with van der Waals surface area (Å²) in [5.41, 5.74) is 5.39. The average molecular weight is 359 g/mol. The Morgan fingerprint density at radius 3 is 1.81 bits per heavy atom. The van der Waals surface area contributed by atoms with Gasteiger partial charge in [0.15, 0.2) is 0 Å². The van der Waals surface area contributed by atoms with Crippen LogP contribution in [0, 0.1) is 5.41 Å². The number of allylic oxidation sites excluding steroid dienone is 8. The fourth-order valence-corrected chi connectivity index (χ4v) is 2.55. The van der Waals surface area contributed by atoms with Crippen LogP contribution in [-0.2, 0) is 0 Å². The van der Waals surface area contributed by atoms with E-state index in [1.807, 2.05) is 79.8 Å². The predicted octanol–water partition coefficient (Wildman–Crippen LogP) is 6.69. The lowest BCUT2D eigenvalue weighted by molar-refractivity contribution is 0.209. The summed E-state index contributed by atoms with van der Waals surface area (Å²) in [7, 11) is 1.83. The summed E-state index contributed by atoms with van der Waals surface area (Å²) in [6.45, 7) is 22.4. The van der Waals surface area contributed by atoms with Crippen molar-refractivity contribution < 1.29 is 0 Å². The molecule has 0 saturated carbocycles. The van der Waals surface area contributed by atoms with Crippen molar-refractivity contribution >= 4 is 5.71 Å². The summed E-state index contributed by atoms with van der Waals surface area (Å²) in [4.78, 5) is 4.18. The lowest BCUT2D eigenvalue weighted by Crippen LogP contribution is -2.55. The van der Waals surface area contributed by atoms with Crippen LogP contribution in [0.4, 0.5) is 0 Å². The molecule has 0 radical (unpaired) electrons. The molecule has 2 aliphatic rings. The molecular formula is C24H42N2. The van der Waals surface area contributed by atoms with Crippen molar-refractivity contribution in [3.63, 3.8) is 0 Å². The van der Waals surface area contributed by atoms with Crippen LogP contribution in [0.2, 0.25) is 0 Å². The highest BCUT2D eigenvalue weighted by atomic mass is 15.0. The number of nitrogens with one attached hydrogen (secondary N) is 1. The van der Waals surface area contributed by atoms with Crippen LogP contribution < -0.4 is 5.32 Å². The zero-order valence-electron chi connectivity index (χ0n) is 18.7. The topological polar surface area (TPSA) is 24.4 Å². The number of rotatable bonds is 4. The van der Waals surface area contributed by atoms with Crippen molar-refractivity contribution in [2.75, 3.05) is 20.1 Å². The Labute approximate surface area is 163 Å². The van der Waals surface area contributed by atoms with Gasteiger partial charge in [0.05, 0.1) is 0 Å². The third-order valence-electron chi connectivity index (χ3n) is 3.98. The van der Waals surface area contributed by atoms with Crippen LogP contribution in [-0.4, -0.2) is 25.8 Å². The third kappa shape index (κ3) is 9.15. The summed E-state index contributed by atoms with van der Waals surface area (Å²) in [5, 5.41) is 3.33. The Morgan fingerprint density at radius 1 is 1.08 bits per heavy atom. The van der Waals surface area contributed by atoms with Gasteiger partial charge in [0, 0.05) is 31.3 Å². The quantitative estimate of drug-likeness (QED) is 0.439. The molecular weight excluding hydrogens is 316 g/mol. The van der Waals surface area contributed by atoms with E-state index in [9.17, 15) is 0 Å². The molecule has 0 amide bonds. The van der Waals surface area contributed by atoms with Crippen LogP contribution in [0.15, 0.2) is 64.7 Å². The first kappa shape index (κ1) is 26.6. The Morgan fingerprint density at radius 2 is 1.54 bits per heavy atom. The summed E-state index contributed by atoms with van der Waals surface area (Å²) in [5.74, 6) is 0. The van der Waals surface area contributed by atoms with E-state index in [0.717, 1.165) is 24.4 Å². The molecule has 0 aromatic heterocycles. The van der Waals surface area contributed by atoms with E-state index in [-0.39, 0.29) is 0 Å². The highest BCUT2D eigenvalue weighted by Gasteiger charge is 2.42. The second kappa shape index (κ2) is 15.6. The lowest BCUT2D eigenvalue weighted by Gasteiger charge is -2.48. The van der Waals surface area contributed by atoms with Crippen LogP contribution in [0.3, 0.4) is 0 Å². The number of aliphatic imine (C=N–C) groups is 1. The molecule has 2 rings (SSSR count). The summed E-state index contributed by atoms with van der Waals surface area (Å²) in [6.07, 6.45) is 13.7. The molecule has 0 unspecified atom stereocenters. The molecule has 2 heteroatoms. The van der Waals surface area contributed by atoms with Gasteiger partial charge in [-0.1, -0.05) is 70.2 Å². The highest BCUT2D eigenvalue weighted by Crippen LogP contribution is 2.46. The van der Waals surface area contributed by atoms with Gasteiger partial charge in [0.1, 0.15) is 0 Å². The standard InChI is InChI=1S/C14H20N2.C6H10.2C2H6/c1-10(2)13(5-11(3)15-4)12-6-14(7-12)8-16-9-14;1-3-5-6-4-2;2*1-2/h5-6,16H,1,7-9H2,2-4H3;3-6H,1-2H3;2*1-2H3/b13-5+,15-11?;5-3-,6-4+;;. The molecule has 1 N–H and O–H groups in total. The van der Waals surface area contributed by atoms with Gasteiger partial charge in [-0.15, -0.1) is 0 Å². The van der Waals surface area contributed by atoms with Gasteiger partial charge < -0.3 is 5.32 Å². The van der Waals surface area contributed by atoms with E-state index in [2.05, 4.69) is 36.0 Å². The molecule has 0 atom stereocenters. The maximum Gasteiger partial charge on any atom is 0.0320 e. The van der Waals surface area contributed by atoms with Crippen molar-refractivity contribution in [2.45, 2.75) is 61.8 Å². The summed E-state index contributed by atoms with van der Waals surface area (Å²) < 4.78 is 0. The molecule has 26 heavy (non-hydrogen) atoms. The zero-order valence-corrected chi connectivity index (χ0v) is 18.7. The van der Waals surface area contributed by atoms with E-state index in [1.165, 1.54) is 17.6 Å². The second-order valence-electron chi connectivity index (χ2n) is 6.07. The molecule has 0 aromatic rings. The summed E-state index contributed by atoms with van der Waals surface area (Å²) >= 11 is 0. The maximum absolute atomic E-state index is 4.18. The predicted molar refractivity (Wildman–Crippen MR) is 122 cm³/mol. The third-order valence-corrected chi connectivity index (χ3v) is 3.98. The molecule has 1 spiro atoms. The first-order chi connectivity index (χ1) is 12.5. The fraction of sp³-hybridized carbons (Fsp3) is 0.542. The van der Waals surface area contributed by atoms with E-state index in [4.69, 9.17) is 0 Å². The minimum absolute atomic E-state index is 0.473. The van der Waals surface area contributed by atoms with Gasteiger partial charge in [-0.2, -0.15) is 0 Å². The van der Waals surface area contributed by atoms with Crippen molar-refractivity contribution in [3.05, 3.63) is 59.8 Å². The van der Waals surface area contributed by atoms with E-state index >= 15 is 0 Å². The first-order valence-electron chi connectivity index (χ1n) is 9.96. The van der Waals surface area contributed by atoms with Crippen molar-refractivity contribution in [3.8, 4) is 0 Å². The smallest absolute Gasteiger partial charge is 0.0320 e. The zero-order chi connectivity index (χ0) is 20.6. The van der Waals surface area contributed by atoms with E-state index in [0.29, 0.717) is 5.41 Å². The number of hydrogen-bond acceptors (Lipinski definition) is 2. The largest absolute Gasteiger partial charge is 0.315 e. The molecule has 0 aromatic carbocycles. The monoisotopic (exact) mass is 358 g/mol. The molecule has 1 heterocycles.